The van der Waals surface area contributed by atoms with Crippen LogP contribution in [0, 0.1) is 11.7 Å². The number of carbonyl (C=O) groups excluding carboxylic acids is 2. The molecule has 5 rings (SSSR count). The van der Waals surface area contributed by atoms with Crippen molar-refractivity contribution < 1.29 is 28.2 Å². The largest absolute Gasteiger partial charge is 0.483 e. The van der Waals surface area contributed by atoms with Crippen molar-refractivity contribution in [1.29, 1.82) is 0 Å². The summed E-state index contributed by atoms with van der Waals surface area (Å²) in [5.74, 6) is -1.01. The molecule has 33 heavy (non-hydrogen) atoms. The molecule has 2 fully saturated rings. The lowest BCUT2D eigenvalue weighted by Crippen LogP contribution is -2.43. The van der Waals surface area contributed by atoms with Gasteiger partial charge in [-0.05, 0) is 25.3 Å². The van der Waals surface area contributed by atoms with Crippen LogP contribution in [0.5, 0.6) is 0 Å². The molecule has 1 aromatic carbocycles. The Morgan fingerprint density at radius 3 is 2.67 bits per heavy atom. The van der Waals surface area contributed by atoms with Crippen LogP contribution in [-0.2, 0) is 23.8 Å². The first-order valence-corrected chi connectivity index (χ1v) is 11.9. The number of Topliss-reactive ketones (excluding diaryl/α,β-unsaturated/α-hetero) is 1. The molecule has 8 heteroatoms. The zero-order valence-corrected chi connectivity index (χ0v) is 19.0. The molecule has 0 bridgehead atoms. The van der Waals surface area contributed by atoms with Gasteiger partial charge in [0.1, 0.15) is 11.9 Å². The second-order valence-corrected chi connectivity index (χ2v) is 9.27. The second-order valence-electron chi connectivity index (χ2n) is 9.27. The molecule has 0 aromatic heterocycles. The Bertz CT molecular complexity index is 944. The van der Waals surface area contributed by atoms with E-state index in [-0.39, 0.29) is 35.6 Å². The molecule has 4 unspecified atom stereocenters. The molecule has 0 radical (unpaired) electrons. The van der Waals surface area contributed by atoms with Gasteiger partial charge in [0.2, 0.25) is 0 Å². The molecule has 7 nitrogen and oxygen atoms in total. The maximum atomic E-state index is 14.9. The van der Waals surface area contributed by atoms with Crippen LogP contribution in [0.2, 0.25) is 0 Å². The molecule has 1 saturated carbocycles. The average Bonchev–Trinajstić information content (AvgIpc) is 3.11. The molecule has 1 amide bonds. The Hall–Kier alpha value is -2.29. The predicted octanol–water partition coefficient (Wildman–Crippen LogP) is 2.47. The van der Waals surface area contributed by atoms with Crippen molar-refractivity contribution in [1.82, 2.24) is 9.80 Å². The van der Waals surface area contributed by atoms with E-state index in [0.29, 0.717) is 43.7 Å². The highest BCUT2D eigenvalue weighted by Crippen LogP contribution is 2.47. The van der Waals surface area contributed by atoms with Crippen LogP contribution in [0.4, 0.5) is 4.39 Å². The molecular formula is C25H31FN2O5. The summed E-state index contributed by atoms with van der Waals surface area (Å²) in [7, 11) is 1.66. The number of rotatable bonds is 6. The van der Waals surface area contributed by atoms with E-state index in [2.05, 4.69) is 4.90 Å². The Morgan fingerprint density at radius 1 is 1.12 bits per heavy atom. The number of methoxy groups -OCH3 is 1. The van der Waals surface area contributed by atoms with Gasteiger partial charge in [0.15, 0.2) is 11.5 Å². The third kappa shape index (κ3) is 4.20. The van der Waals surface area contributed by atoms with Gasteiger partial charge in [-0.25, -0.2) is 4.39 Å². The third-order valence-electron chi connectivity index (χ3n) is 7.41. The molecule has 1 aliphatic carbocycles. The summed E-state index contributed by atoms with van der Waals surface area (Å²) in [6, 6.07) is 5.67. The first-order valence-electron chi connectivity index (χ1n) is 11.9. The monoisotopic (exact) mass is 458 g/mol. The van der Waals surface area contributed by atoms with Gasteiger partial charge in [0.25, 0.3) is 5.91 Å². The fourth-order valence-corrected chi connectivity index (χ4v) is 5.63. The van der Waals surface area contributed by atoms with Crippen LogP contribution in [-0.4, -0.2) is 80.2 Å². The van der Waals surface area contributed by atoms with E-state index < -0.39 is 11.9 Å². The van der Waals surface area contributed by atoms with Crippen molar-refractivity contribution in [3.8, 4) is 0 Å². The molecule has 4 atom stereocenters. The minimum atomic E-state index is -0.744. The summed E-state index contributed by atoms with van der Waals surface area (Å²) in [6.45, 7) is 4.40. The summed E-state index contributed by atoms with van der Waals surface area (Å²) in [6.07, 6.45) is 2.38. The molecule has 3 aliphatic heterocycles. The summed E-state index contributed by atoms with van der Waals surface area (Å²) >= 11 is 0. The molecule has 4 aliphatic rings. The number of amides is 1. The summed E-state index contributed by atoms with van der Waals surface area (Å²) in [5, 5.41) is 0. The minimum Gasteiger partial charge on any atom is -0.483 e. The summed E-state index contributed by atoms with van der Waals surface area (Å²) in [4.78, 5) is 31.1. The molecule has 1 aromatic rings. The third-order valence-corrected chi connectivity index (χ3v) is 7.41. The number of nitrogens with zero attached hydrogens (tertiary/aromatic N) is 2. The fourth-order valence-electron chi connectivity index (χ4n) is 5.63. The number of fused-ring (bicyclic) bond motifs is 1. The Kier molecular flexibility index (Phi) is 6.49. The van der Waals surface area contributed by atoms with Crippen molar-refractivity contribution in [3.05, 3.63) is 47.0 Å². The molecule has 0 N–H and O–H groups in total. The van der Waals surface area contributed by atoms with Crippen LogP contribution in [0.3, 0.4) is 0 Å². The summed E-state index contributed by atoms with van der Waals surface area (Å²) in [5.41, 5.74) is 0.678. The molecule has 0 spiro atoms. The van der Waals surface area contributed by atoms with E-state index >= 15 is 0 Å². The lowest BCUT2D eigenvalue weighted by Gasteiger charge is -2.38. The van der Waals surface area contributed by atoms with Gasteiger partial charge in [-0.1, -0.05) is 18.2 Å². The standard InChI is InChI=1S/C25H31FN2O5/c1-31-16-7-8-18-20(15-16)33-24-21(23(18)29)22(17-5-2-3-6-19(17)26)28(25(24)30)10-4-9-27-11-13-32-14-12-27/h2-3,5-6,16,18,20,22H,4,7-15H2,1H3. The van der Waals surface area contributed by atoms with Crippen LogP contribution in [0.25, 0.3) is 0 Å². The number of carbonyl (C=O) groups is 2. The number of halogens is 1. The average molecular weight is 459 g/mol. The highest BCUT2D eigenvalue weighted by molar-refractivity contribution is 6.11. The smallest absolute Gasteiger partial charge is 0.290 e. The zero-order chi connectivity index (χ0) is 22.9. The zero-order valence-electron chi connectivity index (χ0n) is 19.0. The van der Waals surface area contributed by atoms with Gasteiger partial charge >= 0.3 is 0 Å². The number of ketones is 1. The number of hydrogen-bond acceptors (Lipinski definition) is 6. The first kappa shape index (κ1) is 22.5. The van der Waals surface area contributed by atoms with Gasteiger partial charge in [-0.3, -0.25) is 14.5 Å². The SMILES string of the molecule is COC1CCC2C(=O)C3=C(OC2C1)C(=O)N(CCCN1CCOCC1)C3c1ccccc1F. The van der Waals surface area contributed by atoms with Crippen LogP contribution in [0.15, 0.2) is 35.6 Å². The Balaban J connectivity index is 1.42. The lowest BCUT2D eigenvalue weighted by atomic mass is 9.76. The first-order chi connectivity index (χ1) is 16.1. The molecule has 178 valence electrons. The highest BCUT2D eigenvalue weighted by Gasteiger charge is 2.53. The quantitative estimate of drug-likeness (QED) is 0.653. The van der Waals surface area contributed by atoms with E-state index in [9.17, 15) is 14.0 Å². The summed E-state index contributed by atoms with van der Waals surface area (Å²) < 4.78 is 32.0. The predicted molar refractivity (Wildman–Crippen MR) is 118 cm³/mol. The topological polar surface area (TPSA) is 68.3 Å². The molecule has 3 heterocycles. The maximum Gasteiger partial charge on any atom is 0.290 e. The Labute approximate surface area is 193 Å². The highest BCUT2D eigenvalue weighted by atomic mass is 19.1. The number of ether oxygens (including phenoxy) is 3. The van der Waals surface area contributed by atoms with E-state index in [1.807, 2.05) is 0 Å². The van der Waals surface area contributed by atoms with Crippen molar-refractivity contribution in [2.45, 2.75) is 43.9 Å². The van der Waals surface area contributed by atoms with E-state index in [1.54, 1.807) is 30.2 Å². The van der Waals surface area contributed by atoms with Gasteiger partial charge in [0.05, 0.1) is 36.9 Å². The number of benzene rings is 1. The van der Waals surface area contributed by atoms with Crippen molar-refractivity contribution >= 4 is 11.7 Å². The van der Waals surface area contributed by atoms with Crippen molar-refractivity contribution in [2.24, 2.45) is 5.92 Å². The molecule has 1 saturated heterocycles. The van der Waals surface area contributed by atoms with E-state index in [0.717, 1.165) is 32.5 Å². The van der Waals surface area contributed by atoms with Gasteiger partial charge in [-0.15, -0.1) is 0 Å². The van der Waals surface area contributed by atoms with Gasteiger partial charge < -0.3 is 19.1 Å². The fraction of sp³-hybridized carbons (Fsp3) is 0.600. The maximum absolute atomic E-state index is 14.9. The number of hydrogen-bond donors (Lipinski definition) is 0. The van der Waals surface area contributed by atoms with E-state index in [4.69, 9.17) is 14.2 Å². The second kappa shape index (κ2) is 9.52. The molecular weight excluding hydrogens is 427 g/mol. The Morgan fingerprint density at radius 2 is 1.91 bits per heavy atom. The van der Waals surface area contributed by atoms with Crippen LogP contribution < -0.4 is 0 Å². The van der Waals surface area contributed by atoms with Gasteiger partial charge in [-0.2, -0.15) is 0 Å². The lowest BCUT2D eigenvalue weighted by molar-refractivity contribution is -0.138. The minimum absolute atomic E-state index is 0.0182. The van der Waals surface area contributed by atoms with E-state index in [1.165, 1.54) is 6.07 Å². The number of morpholine rings is 1. The van der Waals surface area contributed by atoms with Crippen LogP contribution >= 0.6 is 0 Å². The van der Waals surface area contributed by atoms with Gasteiger partial charge in [0, 0.05) is 45.3 Å². The van der Waals surface area contributed by atoms with Crippen LogP contribution in [0.1, 0.15) is 37.3 Å². The van der Waals surface area contributed by atoms with Crippen molar-refractivity contribution in [3.63, 3.8) is 0 Å². The van der Waals surface area contributed by atoms with Crippen molar-refractivity contribution in [2.75, 3.05) is 46.5 Å². The normalized spacial score (nSPS) is 30.3.